The quantitative estimate of drug-likeness (QED) is 0.229. The lowest BCUT2D eigenvalue weighted by Gasteiger charge is -2.26. The van der Waals surface area contributed by atoms with Crippen molar-refractivity contribution in [2.75, 3.05) is 19.0 Å². The Balaban J connectivity index is 1.41. The third-order valence-electron chi connectivity index (χ3n) is 6.47. The Kier molecular flexibility index (Phi) is 7.76. The maximum atomic E-state index is 12.9. The van der Waals surface area contributed by atoms with Crippen LogP contribution in [0.25, 0.3) is 11.3 Å². The lowest BCUT2D eigenvalue weighted by Crippen LogP contribution is -2.32. The highest BCUT2D eigenvalue weighted by molar-refractivity contribution is 9.10. The van der Waals surface area contributed by atoms with Crippen LogP contribution < -0.4 is 15.4 Å². The van der Waals surface area contributed by atoms with Crippen LogP contribution in [0.3, 0.4) is 0 Å². The van der Waals surface area contributed by atoms with E-state index in [1.54, 1.807) is 13.3 Å². The second-order valence-corrected chi connectivity index (χ2v) is 10.2. The largest absolute Gasteiger partial charge is 0.495 e. The van der Waals surface area contributed by atoms with Crippen molar-refractivity contribution >= 4 is 44.9 Å². The number of furan rings is 1. The van der Waals surface area contributed by atoms with Gasteiger partial charge in [0, 0.05) is 29.2 Å². The normalized spacial score (nSPS) is 16.8. The summed E-state index contributed by atoms with van der Waals surface area (Å²) in [6.45, 7) is 2.44. The summed E-state index contributed by atoms with van der Waals surface area (Å²) in [5, 5.41) is 6.89. The summed E-state index contributed by atoms with van der Waals surface area (Å²) >= 11 is 9.40. The molecule has 2 aromatic carbocycles. The molecule has 0 saturated carbocycles. The van der Waals surface area contributed by atoms with Gasteiger partial charge in [0.1, 0.15) is 23.3 Å². The number of ether oxygens (including phenoxy) is 1. The Morgan fingerprint density at radius 2 is 1.97 bits per heavy atom. The zero-order valence-corrected chi connectivity index (χ0v) is 23.4. The Morgan fingerprint density at radius 1 is 1.16 bits per heavy atom. The van der Waals surface area contributed by atoms with Gasteiger partial charge in [-0.2, -0.15) is 0 Å². The number of rotatable bonds is 8. The van der Waals surface area contributed by atoms with Gasteiger partial charge in [-0.25, -0.2) is 0 Å². The van der Waals surface area contributed by atoms with Crippen LogP contribution in [-0.4, -0.2) is 34.6 Å². The molecule has 9 heteroatoms. The van der Waals surface area contributed by atoms with Gasteiger partial charge in [0.05, 0.1) is 24.5 Å². The number of hydrogen-bond donors (Lipinski definition) is 2. The summed E-state index contributed by atoms with van der Waals surface area (Å²) in [5.41, 5.74) is 3.60. The lowest BCUT2D eigenvalue weighted by molar-refractivity contribution is -0.116. The monoisotopic (exact) mass is 590 g/mol. The van der Waals surface area contributed by atoms with Crippen LogP contribution in [0.1, 0.15) is 35.5 Å². The number of anilines is 1. The van der Waals surface area contributed by atoms with Crippen molar-refractivity contribution in [1.29, 1.82) is 0 Å². The van der Waals surface area contributed by atoms with E-state index in [1.165, 1.54) is 0 Å². The number of carbonyl (C=O) groups is 1. The highest BCUT2D eigenvalue weighted by Crippen LogP contribution is 2.41. The number of para-hydroxylation sites is 2. The van der Waals surface area contributed by atoms with Gasteiger partial charge >= 0.3 is 0 Å². The first-order valence-corrected chi connectivity index (χ1v) is 13.4. The number of thiocarbonyl (C=S) groups is 1. The van der Waals surface area contributed by atoms with E-state index in [4.69, 9.17) is 21.4 Å². The average molecular weight is 592 g/mol. The number of aryl methyl sites for hydroxylation is 1. The minimum atomic E-state index is -0.283. The zero-order valence-electron chi connectivity index (χ0n) is 21.0. The molecule has 3 heterocycles. The topological polar surface area (TPSA) is 79.6 Å². The number of nitrogens with one attached hydrogen (secondary N) is 2. The molecule has 0 bridgehead atoms. The summed E-state index contributed by atoms with van der Waals surface area (Å²) < 4.78 is 12.7. The van der Waals surface area contributed by atoms with Gasteiger partial charge in [0.15, 0.2) is 5.11 Å². The molecule has 2 atom stereocenters. The molecule has 0 aliphatic carbocycles. The van der Waals surface area contributed by atoms with E-state index in [-0.39, 0.29) is 24.4 Å². The Bertz CT molecular complexity index is 1460. The SMILES string of the molecule is COc1ccccc1NC(=O)CCN1C(=S)N[C@H](c2ccccn2)[C@@H]1c1ccc(-c2ccc(C)cc2Br)o1. The van der Waals surface area contributed by atoms with E-state index in [2.05, 4.69) is 43.7 Å². The van der Waals surface area contributed by atoms with Gasteiger partial charge in [0.2, 0.25) is 5.91 Å². The molecule has 1 amide bonds. The van der Waals surface area contributed by atoms with Crippen molar-refractivity contribution in [3.05, 3.63) is 100 Å². The van der Waals surface area contributed by atoms with Crippen molar-refractivity contribution in [2.45, 2.75) is 25.4 Å². The number of aromatic nitrogens is 1. The number of carbonyl (C=O) groups excluding carboxylic acids is 1. The number of pyridine rings is 1. The maximum Gasteiger partial charge on any atom is 0.226 e. The fraction of sp³-hybridized carbons (Fsp3) is 0.207. The summed E-state index contributed by atoms with van der Waals surface area (Å²) in [4.78, 5) is 19.5. The minimum Gasteiger partial charge on any atom is -0.495 e. The van der Waals surface area contributed by atoms with Gasteiger partial charge in [-0.1, -0.05) is 40.2 Å². The maximum absolute atomic E-state index is 12.9. The first kappa shape index (κ1) is 25.9. The molecule has 1 aliphatic rings. The Hall–Kier alpha value is -3.69. The lowest BCUT2D eigenvalue weighted by atomic mass is 10.0. The van der Waals surface area contributed by atoms with Crippen LogP contribution in [0.5, 0.6) is 5.75 Å². The molecule has 0 spiro atoms. The van der Waals surface area contributed by atoms with Gasteiger partial charge in [-0.3, -0.25) is 9.78 Å². The molecule has 0 radical (unpaired) electrons. The second kappa shape index (κ2) is 11.4. The van der Waals surface area contributed by atoms with Crippen molar-refractivity contribution in [3.8, 4) is 17.1 Å². The summed E-state index contributed by atoms with van der Waals surface area (Å²) in [5.74, 6) is 1.96. The van der Waals surface area contributed by atoms with E-state index < -0.39 is 0 Å². The molecule has 38 heavy (non-hydrogen) atoms. The molecule has 7 nitrogen and oxygen atoms in total. The summed E-state index contributed by atoms with van der Waals surface area (Å²) in [7, 11) is 1.58. The molecule has 5 rings (SSSR count). The fourth-order valence-electron chi connectivity index (χ4n) is 4.61. The van der Waals surface area contributed by atoms with E-state index in [1.807, 2.05) is 72.5 Å². The molecule has 4 aromatic rings. The molecular formula is C29H27BrN4O3S. The molecule has 2 aromatic heterocycles. The number of nitrogens with zero attached hydrogens (tertiary/aromatic N) is 2. The molecular weight excluding hydrogens is 564 g/mol. The van der Waals surface area contributed by atoms with E-state index in [9.17, 15) is 4.79 Å². The molecule has 194 valence electrons. The van der Waals surface area contributed by atoms with Gasteiger partial charge in [0.25, 0.3) is 0 Å². The first-order chi connectivity index (χ1) is 18.4. The van der Waals surface area contributed by atoms with Crippen LogP contribution >= 0.6 is 28.1 Å². The fourth-order valence-corrected chi connectivity index (χ4v) is 5.63. The average Bonchev–Trinajstić information content (AvgIpc) is 3.52. The van der Waals surface area contributed by atoms with Crippen molar-refractivity contribution in [3.63, 3.8) is 0 Å². The standard InChI is InChI=1S/C29H27BrN4O3S/c1-18-10-11-19(20(30)17-18)23-12-13-25(37-23)28-27(22-8-5-6-15-31-22)33-29(38)34(28)16-14-26(35)32-21-7-3-4-9-24(21)36-2/h3-13,15,17,27-28H,14,16H2,1-2H3,(H,32,35)(H,33,38)/t27-,28+/m1/s1. The van der Waals surface area contributed by atoms with E-state index in [0.29, 0.717) is 23.1 Å². The van der Waals surface area contributed by atoms with Crippen molar-refractivity contribution in [2.24, 2.45) is 0 Å². The highest BCUT2D eigenvalue weighted by Gasteiger charge is 2.41. The molecule has 1 aliphatic heterocycles. The van der Waals surface area contributed by atoms with Crippen LogP contribution in [0, 0.1) is 6.92 Å². The number of hydrogen-bond acceptors (Lipinski definition) is 5. The van der Waals surface area contributed by atoms with Gasteiger partial charge in [-0.15, -0.1) is 0 Å². The van der Waals surface area contributed by atoms with Crippen LogP contribution in [0.2, 0.25) is 0 Å². The second-order valence-electron chi connectivity index (χ2n) is 9.00. The Labute approximate surface area is 235 Å². The zero-order chi connectivity index (χ0) is 26.6. The summed E-state index contributed by atoms with van der Waals surface area (Å²) in [6.07, 6.45) is 1.99. The number of methoxy groups -OCH3 is 1. The number of benzene rings is 2. The Morgan fingerprint density at radius 3 is 2.74 bits per heavy atom. The molecule has 2 N–H and O–H groups in total. The minimum absolute atomic E-state index is 0.138. The number of amides is 1. The predicted octanol–water partition coefficient (Wildman–Crippen LogP) is 6.42. The predicted molar refractivity (Wildman–Crippen MR) is 155 cm³/mol. The smallest absolute Gasteiger partial charge is 0.226 e. The first-order valence-electron chi connectivity index (χ1n) is 12.2. The third kappa shape index (κ3) is 5.44. The van der Waals surface area contributed by atoms with Crippen molar-refractivity contribution in [1.82, 2.24) is 15.2 Å². The van der Waals surface area contributed by atoms with Crippen LogP contribution in [0.4, 0.5) is 5.69 Å². The molecule has 1 fully saturated rings. The summed E-state index contributed by atoms with van der Waals surface area (Å²) in [6, 6.07) is 22.7. The van der Waals surface area contributed by atoms with Gasteiger partial charge < -0.3 is 24.7 Å². The molecule has 1 saturated heterocycles. The van der Waals surface area contributed by atoms with Crippen LogP contribution in [0.15, 0.2) is 87.9 Å². The number of halogens is 1. The van der Waals surface area contributed by atoms with Crippen LogP contribution in [-0.2, 0) is 4.79 Å². The molecule has 0 unspecified atom stereocenters. The van der Waals surface area contributed by atoms with Gasteiger partial charge in [-0.05, 0) is 73.2 Å². The van der Waals surface area contributed by atoms with E-state index in [0.717, 1.165) is 32.8 Å². The van der Waals surface area contributed by atoms with E-state index >= 15 is 0 Å². The third-order valence-corrected chi connectivity index (χ3v) is 7.48. The highest BCUT2D eigenvalue weighted by atomic mass is 79.9. The van der Waals surface area contributed by atoms with Crippen molar-refractivity contribution < 1.29 is 13.9 Å².